The molecule has 1 unspecified atom stereocenters. The molecule has 1 aliphatic carbocycles. The Morgan fingerprint density at radius 2 is 2.10 bits per heavy atom. The summed E-state index contributed by atoms with van der Waals surface area (Å²) >= 11 is 1.35. The second-order valence-electron chi connectivity index (χ2n) is 6.36. The maximum atomic E-state index is 11.9. The van der Waals surface area contributed by atoms with Gasteiger partial charge in [-0.1, -0.05) is 31.0 Å². The van der Waals surface area contributed by atoms with Gasteiger partial charge in [0.1, 0.15) is 0 Å². The fourth-order valence-electron chi connectivity index (χ4n) is 3.30. The molecule has 0 aromatic rings. The average molecular weight is 312 g/mol. The zero-order valence-corrected chi connectivity index (χ0v) is 13.9. The van der Waals surface area contributed by atoms with Crippen LogP contribution in [0.2, 0.25) is 0 Å². The minimum absolute atomic E-state index is 0.151. The van der Waals surface area contributed by atoms with Crippen molar-refractivity contribution in [2.45, 2.75) is 57.9 Å². The fraction of sp³-hybridized carbons (Fsp3) is 0.875. The number of carbonyl (C=O) groups is 2. The summed E-state index contributed by atoms with van der Waals surface area (Å²) in [6, 6.07) is 0.702. The zero-order valence-electron chi connectivity index (χ0n) is 13.1. The molecule has 21 heavy (non-hydrogen) atoms. The van der Waals surface area contributed by atoms with E-state index >= 15 is 0 Å². The van der Waals surface area contributed by atoms with E-state index < -0.39 is 0 Å². The molecule has 1 heterocycles. The number of carbonyl (C=O) groups excluding carboxylic acids is 2. The van der Waals surface area contributed by atoms with Crippen molar-refractivity contribution in [2.75, 3.05) is 25.4 Å². The molecule has 1 saturated carbocycles. The van der Waals surface area contributed by atoms with Crippen LogP contribution >= 0.6 is 11.8 Å². The summed E-state index contributed by atoms with van der Waals surface area (Å²) in [4.78, 5) is 24.9. The van der Waals surface area contributed by atoms with Gasteiger partial charge < -0.3 is 10.2 Å². The molecule has 0 radical (unpaired) electrons. The Labute approximate surface area is 132 Å². The predicted molar refractivity (Wildman–Crippen MR) is 87.3 cm³/mol. The number of likely N-dealkylation sites (tertiary alicyclic amines) is 1. The van der Waals surface area contributed by atoms with Gasteiger partial charge in [0.2, 0.25) is 5.91 Å². The summed E-state index contributed by atoms with van der Waals surface area (Å²) in [6.07, 6.45) is 8.39. The van der Waals surface area contributed by atoms with Crippen LogP contribution in [0.5, 0.6) is 0 Å². The van der Waals surface area contributed by atoms with Crippen molar-refractivity contribution in [3.8, 4) is 0 Å². The first kappa shape index (κ1) is 16.8. The van der Waals surface area contributed by atoms with Gasteiger partial charge in [-0.2, -0.15) is 0 Å². The van der Waals surface area contributed by atoms with Crippen molar-refractivity contribution >= 4 is 22.8 Å². The van der Waals surface area contributed by atoms with Gasteiger partial charge >= 0.3 is 0 Å². The number of hydrogen-bond acceptors (Lipinski definition) is 4. The first-order chi connectivity index (χ1) is 10.1. The highest BCUT2D eigenvalue weighted by Crippen LogP contribution is 2.22. The van der Waals surface area contributed by atoms with Crippen LogP contribution in [0.4, 0.5) is 0 Å². The van der Waals surface area contributed by atoms with Gasteiger partial charge in [0, 0.05) is 38.2 Å². The van der Waals surface area contributed by atoms with Crippen LogP contribution < -0.4 is 5.32 Å². The van der Waals surface area contributed by atoms with E-state index in [0.29, 0.717) is 18.4 Å². The number of amides is 1. The van der Waals surface area contributed by atoms with E-state index in [9.17, 15) is 9.59 Å². The van der Waals surface area contributed by atoms with Crippen LogP contribution in [-0.2, 0) is 9.59 Å². The quantitative estimate of drug-likeness (QED) is 0.734. The van der Waals surface area contributed by atoms with Crippen molar-refractivity contribution in [3.63, 3.8) is 0 Å². The maximum absolute atomic E-state index is 11.9. The molecule has 1 atom stereocenters. The molecule has 1 aliphatic heterocycles. The lowest BCUT2D eigenvalue weighted by Crippen LogP contribution is -2.34. The molecular weight excluding hydrogens is 284 g/mol. The number of rotatable bonds is 7. The summed E-state index contributed by atoms with van der Waals surface area (Å²) in [5.41, 5.74) is 0. The second kappa shape index (κ2) is 8.79. The van der Waals surface area contributed by atoms with E-state index in [-0.39, 0.29) is 11.0 Å². The monoisotopic (exact) mass is 312 g/mol. The number of hydrogen-bond donors (Lipinski definition) is 1. The van der Waals surface area contributed by atoms with E-state index in [1.165, 1.54) is 43.9 Å². The molecule has 4 nitrogen and oxygen atoms in total. The van der Waals surface area contributed by atoms with Gasteiger partial charge in [-0.25, -0.2) is 0 Å². The van der Waals surface area contributed by atoms with Crippen LogP contribution in [0.3, 0.4) is 0 Å². The molecule has 1 amide bonds. The summed E-state index contributed by atoms with van der Waals surface area (Å²) < 4.78 is 0. The van der Waals surface area contributed by atoms with Gasteiger partial charge in [0.05, 0.1) is 0 Å². The third kappa shape index (κ3) is 5.99. The number of nitrogens with zero attached hydrogens (tertiary/aromatic N) is 1. The van der Waals surface area contributed by atoms with Crippen molar-refractivity contribution in [2.24, 2.45) is 5.92 Å². The van der Waals surface area contributed by atoms with Crippen LogP contribution in [0.15, 0.2) is 0 Å². The molecule has 0 spiro atoms. The van der Waals surface area contributed by atoms with Crippen LogP contribution in [0, 0.1) is 5.92 Å². The molecule has 120 valence electrons. The summed E-state index contributed by atoms with van der Waals surface area (Å²) in [6.45, 7) is 4.31. The minimum Gasteiger partial charge on any atom is -0.342 e. The molecule has 2 fully saturated rings. The second-order valence-corrected chi connectivity index (χ2v) is 7.55. The third-order valence-corrected chi connectivity index (χ3v) is 5.50. The summed E-state index contributed by atoms with van der Waals surface area (Å²) in [5, 5.41) is 3.78. The van der Waals surface area contributed by atoms with Gasteiger partial charge in [-0.05, 0) is 31.7 Å². The molecule has 0 bridgehead atoms. The van der Waals surface area contributed by atoms with Crippen LogP contribution in [0.1, 0.15) is 51.9 Å². The van der Waals surface area contributed by atoms with Crippen molar-refractivity contribution in [3.05, 3.63) is 0 Å². The highest BCUT2D eigenvalue weighted by molar-refractivity contribution is 8.13. The Bertz CT molecular complexity index is 356. The number of nitrogens with one attached hydrogen (secondary N) is 1. The molecule has 1 saturated heterocycles. The topological polar surface area (TPSA) is 49.4 Å². The third-order valence-electron chi connectivity index (χ3n) is 4.46. The first-order valence-corrected chi connectivity index (χ1v) is 9.28. The highest BCUT2D eigenvalue weighted by atomic mass is 32.2. The average Bonchev–Trinajstić information content (AvgIpc) is 2.83. The molecule has 1 N–H and O–H groups in total. The Morgan fingerprint density at radius 3 is 2.81 bits per heavy atom. The Hall–Kier alpha value is -0.550. The van der Waals surface area contributed by atoms with Gasteiger partial charge in [-0.3, -0.25) is 9.59 Å². The van der Waals surface area contributed by atoms with Crippen LogP contribution in [0.25, 0.3) is 0 Å². The fourth-order valence-corrected chi connectivity index (χ4v) is 3.99. The SMILES string of the molecule is CC(=O)SCC1CC(=O)N(CCCNC2CCCCC2)C1. The van der Waals surface area contributed by atoms with E-state index in [4.69, 9.17) is 0 Å². The maximum Gasteiger partial charge on any atom is 0.222 e. The van der Waals surface area contributed by atoms with Crippen LogP contribution in [-0.4, -0.2) is 47.4 Å². The lowest BCUT2D eigenvalue weighted by molar-refractivity contribution is -0.127. The lowest BCUT2D eigenvalue weighted by Gasteiger charge is -2.23. The van der Waals surface area contributed by atoms with E-state index in [2.05, 4.69) is 5.32 Å². The predicted octanol–water partition coefficient (Wildman–Crippen LogP) is 2.43. The zero-order chi connectivity index (χ0) is 15.1. The first-order valence-electron chi connectivity index (χ1n) is 8.29. The van der Waals surface area contributed by atoms with Gasteiger partial charge in [0.25, 0.3) is 0 Å². The smallest absolute Gasteiger partial charge is 0.222 e. The van der Waals surface area contributed by atoms with E-state index in [1.807, 2.05) is 4.90 Å². The van der Waals surface area contributed by atoms with Crippen molar-refractivity contribution < 1.29 is 9.59 Å². The normalized spacial score (nSPS) is 23.8. The van der Waals surface area contributed by atoms with Gasteiger partial charge in [-0.15, -0.1) is 0 Å². The largest absolute Gasteiger partial charge is 0.342 e. The summed E-state index contributed by atoms with van der Waals surface area (Å²) in [5.74, 6) is 1.41. The highest BCUT2D eigenvalue weighted by Gasteiger charge is 2.29. The number of thioether (sulfide) groups is 1. The molecule has 2 aliphatic rings. The Morgan fingerprint density at radius 1 is 1.33 bits per heavy atom. The lowest BCUT2D eigenvalue weighted by atomic mass is 9.95. The minimum atomic E-state index is 0.151. The molecule has 2 rings (SSSR count). The Balaban J connectivity index is 1.57. The van der Waals surface area contributed by atoms with Gasteiger partial charge in [0.15, 0.2) is 5.12 Å². The standard InChI is InChI=1S/C16H28N2O2S/c1-13(19)21-12-14-10-16(20)18(11-14)9-5-8-17-15-6-3-2-4-7-15/h14-15,17H,2-12H2,1H3. The van der Waals surface area contributed by atoms with Crippen molar-refractivity contribution in [1.82, 2.24) is 10.2 Å². The summed E-state index contributed by atoms with van der Waals surface area (Å²) in [7, 11) is 0. The molecule has 5 heteroatoms. The Kier molecular flexibility index (Phi) is 7.04. The molecule has 0 aromatic carbocycles. The molecular formula is C16H28N2O2S. The van der Waals surface area contributed by atoms with E-state index in [1.54, 1.807) is 6.92 Å². The van der Waals surface area contributed by atoms with E-state index in [0.717, 1.165) is 31.8 Å². The van der Waals surface area contributed by atoms with Crippen molar-refractivity contribution in [1.29, 1.82) is 0 Å². The molecule has 0 aromatic heterocycles.